The van der Waals surface area contributed by atoms with Crippen molar-refractivity contribution in [1.29, 1.82) is 0 Å². The molecule has 128 valence electrons. The molecule has 0 spiro atoms. The molecule has 2 unspecified atom stereocenters. The highest BCUT2D eigenvalue weighted by atomic mass is 16.1. The number of hydrogen-bond donors (Lipinski definition) is 1. The molecule has 0 radical (unpaired) electrons. The first-order valence-electron chi connectivity index (χ1n) is 8.48. The van der Waals surface area contributed by atoms with Gasteiger partial charge in [-0.1, -0.05) is 42.5 Å². The summed E-state index contributed by atoms with van der Waals surface area (Å²) in [5.41, 5.74) is 2.18. The van der Waals surface area contributed by atoms with E-state index in [1.807, 2.05) is 6.07 Å². The Kier molecular flexibility index (Phi) is 5.25. The Morgan fingerprint density at radius 2 is 2.08 bits per heavy atom. The van der Waals surface area contributed by atoms with Crippen molar-refractivity contribution in [3.05, 3.63) is 47.8 Å². The van der Waals surface area contributed by atoms with Gasteiger partial charge in [-0.25, -0.2) is 0 Å². The molecule has 1 N–H and O–H groups in total. The average Bonchev–Trinajstić information content (AvgIpc) is 3.12. The molecule has 1 aromatic carbocycles. The third kappa shape index (κ3) is 4.20. The monoisotopic (exact) mass is 327 g/mol. The quantitative estimate of drug-likeness (QED) is 0.867. The zero-order valence-electron chi connectivity index (χ0n) is 14.4. The van der Waals surface area contributed by atoms with Gasteiger partial charge in [0.1, 0.15) is 0 Å². The molecule has 1 fully saturated rings. The van der Waals surface area contributed by atoms with Crippen LogP contribution in [0.3, 0.4) is 0 Å². The topological polar surface area (TPSA) is 63.1 Å². The average molecular weight is 327 g/mol. The molecule has 0 aliphatic carbocycles. The van der Waals surface area contributed by atoms with E-state index in [1.165, 1.54) is 5.56 Å². The van der Waals surface area contributed by atoms with Crippen molar-refractivity contribution in [3.8, 4) is 0 Å². The minimum atomic E-state index is 0.0362. The molecular weight excluding hydrogens is 302 g/mol. The van der Waals surface area contributed by atoms with Crippen LogP contribution in [0.2, 0.25) is 0 Å². The number of nitrogens with zero attached hydrogens (tertiary/aromatic N) is 4. The largest absolute Gasteiger partial charge is 0.355 e. The normalized spacial score (nSPS) is 21.1. The van der Waals surface area contributed by atoms with Gasteiger partial charge >= 0.3 is 0 Å². The van der Waals surface area contributed by atoms with E-state index >= 15 is 0 Å². The predicted octanol–water partition coefficient (Wildman–Crippen LogP) is 1.24. The van der Waals surface area contributed by atoms with E-state index in [2.05, 4.69) is 51.7 Å². The third-order valence-electron chi connectivity index (χ3n) is 4.80. The smallest absolute Gasteiger partial charge is 0.226 e. The van der Waals surface area contributed by atoms with Gasteiger partial charge in [-0.3, -0.25) is 14.4 Å². The van der Waals surface area contributed by atoms with E-state index in [-0.39, 0.29) is 5.91 Å². The second-order valence-electron chi connectivity index (χ2n) is 6.75. The molecule has 6 heteroatoms. The summed E-state index contributed by atoms with van der Waals surface area (Å²) in [6, 6.07) is 10.6. The van der Waals surface area contributed by atoms with Crippen molar-refractivity contribution in [2.45, 2.75) is 19.9 Å². The minimum absolute atomic E-state index is 0.0362. The van der Waals surface area contributed by atoms with Gasteiger partial charge in [-0.15, -0.1) is 5.10 Å². The van der Waals surface area contributed by atoms with Gasteiger partial charge < -0.3 is 5.32 Å². The molecule has 2 atom stereocenters. The second kappa shape index (κ2) is 7.57. The summed E-state index contributed by atoms with van der Waals surface area (Å²) in [5.74, 6) is 1.13. The molecule has 1 aliphatic rings. The maximum absolute atomic E-state index is 12.1. The molecule has 1 aliphatic heterocycles. The zero-order valence-corrected chi connectivity index (χ0v) is 14.4. The lowest BCUT2D eigenvalue weighted by Crippen LogP contribution is -2.33. The summed E-state index contributed by atoms with van der Waals surface area (Å²) in [6.07, 6.45) is 1.97. The highest BCUT2D eigenvalue weighted by Gasteiger charge is 2.29. The van der Waals surface area contributed by atoms with Crippen LogP contribution in [0.1, 0.15) is 18.2 Å². The van der Waals surface area contributed by atoms with E-state index in [0.29, 0.717) is 18.3 Å². The van der Waals surface area contributed by atoms with Crippen LogP contribution in [0.4, 0.5) is 0 Å². The summed E-state index contributed by atoms with van der Waals surface area (Å²) in [6.45, 7) is 6.10. The number of rotatable bonds is 6. The van der Waals surface area contributed by atoms with Gasteiger partial charge in [0.25, 0.3) is 0 Å². The number of likely N-dealkylation sites (tertiary alicyclic amines) is 1. The summed E-state index contributed by atoms with van der Waals surface area (Å²) in [5, 5.41) is 10.7. The molecule has 0 saturated carbocycles. The van der Waals surface area contributed by atoms with Crippen molar-refractivity contribution in [3.63, 3.8) is 0 Å². The van der Waals surface area contributed by atoms with Crippen molar-refractivity contribution < 1.29 is 4.79 Å². The van der Waals surface area contributed by atoms with Crippen molar-refractivity contribution >= 4 is 5.91 Å². The van der Waals surface area contributed by atoms with Crippen LogP contribution in [-0.4, -0.2) is 45.4 Å². The maximum Gasteiger partial charge on any atom is 0.226 e. The number of aryl methyl sites for hydroxylation is 1. The Morgan fingerprint density at radius 3 is 2.79 bits per heavy atom. The third-order valence-corrected chi connectivity index (χ3v) is 4.80. The molecule has 6 nitrogen and oxygen atoms in total. The van der Waals surface area contributed by atoms with Gasteiger partial charge in [0.2, 0.25) is 5.91 Å². The van der Waals surface area contributed by atoms with Gasteiger partial charge in [-0.2, -0.15) is 0 Å². The highest BCUT2D eigenvalue weighted by Crippen LogP contribution is 2.23. The van der Waals surface area contributed by atoms with Crippen LogP contribution in [0, 0.1) is 11.8 Å². The van der Waals surface area contributed by atoms with Crippen molar-refractivity contribution in [2.24, 2.45) is 18.9 Å². The number of carbonyl (C=O) groups is 1. The number of carbonyl (C=O) groups excluding carboxylic acids is 1. The summed E-state index contributed by atoms with van der Waals surface area (Å²) < 4.78 is 1.64. The lowest BCUT2D eigenvalue weighted by molar-refractivity contribution is -0.120. The van der Waals surface area contributed by atoms with E-state index in [1.54, 1.807) is 17.9 Å². The number of hydrogen-bond acceptors (Lipinski definition) is 4. The van der Waals surface area contributed by atoms with Gasteiger partial charge in [0.15, 0.2) is 0 Å². The fourth-order valence-corrected chi connectivity index (χ4v) is 3.32. The van der Waals surface area contributed by atoms with Crippen molar-refractivity contribution in [1.82, 2.24) is 25.2 Å². The molecule has 1 amide bonds. The van der Waals surface area contributed by atoms with Crippen LogP contribution in [0.5, 0.6) is 0 Å². The highest BCUT2D eigenvalue weighted by molar-refractivity contribution is 5.78. The summed E-state index contributed by atoms with van der Waals surface area (Å²) in [4.78, 5) is 14.6. The standard InChI is InChI=1S/C18H25N5O/c1-14-11-23(12-15-6-4-3-5-7-15)13-16(14)9-19-18(24)8-17-10-20-21-22(17)2/h3-7,10,14,16H,8-9,11-13H2,1-2H3,(H,19,24). The Hall–Kier alpha value is -2.21. The van der Waals surface area contributed by atoms with Crippen LogP contribution < -0.4 is 5.32 Å². The zero-order chi connectivity index (χ0) is 16.9. The van der Waals surface area contributed by atoms with Gasteiger partial charge in [0, 0.05) is 33.2 Å². The van der Waals surface area contributed by atoms with E-state index in [4.69, 9.17) is 0 Å². The first kappa shape index (κ1) is 16.6. The SMILES string of the molecule is CC1CN(Cc2ccccc2)CC1CNC(=O)Cc1cnnn1C. The number of nitrogens with one attached hydrogen (secondary N) is 1. The summed E-state index contributed by atoms with van der Waals surface area (Å²) >= 11 is 0. The Morgan fingerprint density at radius 1 is 1.29 bits per heavy atom. The fourth-order valence-electron chi connectivity index (χ4n) is 3.32. The molecule has 1 saturated heterocycles. The molecular formula is C18H25N5O. The summed E-state index contributed by atoms with van der Waals surface area (Å²) in [7, 11) is 1.80. The van der Waals surface area contributed by atoms with E-state index in [0.717, 1.165) is 31.9 Å². The number of amides is 1. The van der Waals surface area contributed by atoms with Crippen LogP contribution in [0.25, 0.3) is 0 Å². The Labute approximate surface area is 142 Å². The van der Waals surface area contributed by atoms with Crippen LogP contribution >= 0.6 is 0 Å². The van der Waals surface area contributed by atoms with E-state index in [9.17, 15) is 4.79 Å². The van der Waals surface area contributed by atoms with Gasteiger partial charge in [-0.05, 0) is 17.4 Å². The first-order chi connectivity index (χ1) is 11.6. The van der Waals surface area contributed by atoms with E-state index < -0.39 is 0 Å². The molecule has 0 bridgehead atoms. The van der Waals surface area contributed by atoms with Gasteiger partial charge in [0.05, 0.1) is 18.3 Å². The van der Waals surface area contributed by atoms with Crippen LogP contribution in [-0.2, 0) is 24.8 Å². The number of aromatic nitrogens is 3. The Balaban J connectivity index is 1.45. The minimum Gasteiger partial charge on any atom is -0.355 e. The predicted molar refractivity (Wildman–Crippen MR) is 92.1 cm³/mol. The number of benzene rings is 1. The molecule has 2 aromatic rings. The van der Waals surface area contributed by atoms with Crippen molar-refractivity contribution in [2.75, 3.05) is 19.6 Å². The maximum atomic E-state index is 12.1. The molecule has 24 heavy (non-hydrogen) atoms. The molecule has 1 aromatic heterocycles. The van der Waals surface area contributed by atoms with Crippen LogP contribution in [0.15, 0.2) is 36.5 Å². The Bertz CT molecular complexity index is 669. The molecule has 3 rings (SSSR count). The molecule has 2 heterocycles. The lowest BCUT2D eigenvalue weighted by atomic mass is 9.98. The first-order valence-corrected chi connectivity index (χ1v) is 8.48. The second-order valence-corrected chi connectivity index (χ2v) is 6.75. The fraction of sp³-hybridized carbons (Fsp3) is 0.500. The lowest BCUT2D eigenvalue weighted by Gasteiger charge is -2.16.